The van der Waals surface area contributed by atoms with Gasteiger partial charge < -0.3 is 0 Å². The molecule has 0 aliphatic heterocycles. The smallest absolute Gasteiger partial charge is 0.142 e. The van der Waals surface area contributed by atoms with E-state index in [2.05, 4.69) is 28.3 Å². The van der Waals surface area contributed by atoms with Gasteiger partial charge in [0.1, 0.15) is 5.82 Å². The minimum Gasteiger partial charge on any atom is -0.271 e. The number of hydrazine groups is 1. The van der Waals surface area contributed by atoms with E-state index in [0.29, 0.717) is 10.0 Å². The van der Waals surface area contributed by atoms with Gasteiger partial charge in [-0.3, -0.25) is 11.3 Å². The number of hydrogen-bond donors (Lipinski definition) is 2. The molecule has 1 aliphatic carbocycles. The van der Waals surface area contributed by atoms with Crippen molar-refractivity contribution in [2.45, 2.75) is 45.1 Å². The van der Waals surface area contributed by atoms with Crippen LogP contribution < -0.4 is 11.3 Å². The van der Waals surface area contributed by atoms with E-state index in [4.69, 9.17) is 5.84 Å². The molecule has 2 rings (SSSR count). The fraction of sp³-hybridized carbons (Fsp3) is 0.571. The molecule has 0 spiro atoms. The van der Waals surface area contributed by atoms with Crippen LogP contribution in [-0.4, -0.2) is 0 Å². The summed E-state index contributed by atoms with van der Waals surface area (Å²) in [6.45, 7) is 2.17. The summed E-state index contributed by atoms with van der Waals surface area (Å²) in [5.74, 6) is 5.54. The summed E-state index contributed by atoms with van der Waals surface area (Å²) in [4.78, 5) is 0. The van der Waals surface area contributed by atoms with Gasteiger partial charge in [-0.25, -0.2) is 4.39 Å². The lowest BCUT2D eigenvalue weighted by molar-refractivity contribution is 0.184. The summed E-state index contributed by atoms with van der Waals surface area (Å²) in [6.07, 6.45) is 5.67. The van der Waals surface area contributed by atoms with Gasteiger partial charge in [0.05, 0.1) is 10.5 Å². The maximum absolute atomic E-state index is 14.3. The van der Waals surface area contributed by atoms with Crippen LogP contribution in [0.15, 0.2) is 22.7 Å². The molecule has 100 valence electrons. The zero-order valence-corrected chi connectivity index (χ0v) is 12.3. The topological polar surface area (TPSA) is 38.0 Å². The number of halogens is 2. The zero-order chi connectivity index (χ0) is 13.2. The van der Waals surface area contributed by atoms with Crippen LogP contribution in [0.3, 0.4) is 0 Å². The van der Waals surface area contributed by atoms with Crippen molar-refractivity contribution in [2.24, 2.45) is 11.3 Å². The highest BCUT2D eigenvalue weighted by Crippen LogP contribution is 2.50. The lowest BCUT2D eigenvalue weighted by Crippen LogP contribution is -2.40. The van der Waals surface area contributed by atoms with Gasteiger partial charge in [0.2, 0.25) is 0 Å². The molecule has 0 amide bonds. The molecule has 2 nitrogen and oxygen atoms in total. The van der Waals surface area contributed by atoms with E-state index in [9.17, 15) is 4.39 Å². The first-order valence-electron chi connectivity index (χ1n) is 6.54. The molecule has 0 aromatic heterocycles. The summed E-state index contributed by atoms with van der Waals surface area (Å²) in [7, 11) is 0. The average Bonchev–Trinajstić information content (AvgIpc) is 2.85. The number of rotatable bonds is 4. The highest BCUT2D eigenvalue weighted by molar-refractivity contribution is 9.10. The Labute approximate surface area is 116 Å². The second-order valence-corrected chi connectivity index (χ2v) is 6.02. The molecule has 0 radical (unpaired) electrons. The Morgan fingerprint density at radius 3 is 2.67 bits per heavy atom. The predicted octanol–water partition coefficient (Wildman–Crippen LogP) is 4.06. The van der Waals surface area contributed by atoms with Crippen LogP contribution in [0.5, 0.6) is 0 Å². The third-order valence-electron chi connectivity index (χ3n) is 4.37. The molecule has 3 N–H and O–H groups in total. The standard InChI is InChI=1S/C14H20BrFN2/c1-2-14(8-3-4-9-14)13(18-17)10-6-5-7-11(15)12(10)16/h5-7,13,18H,2-4,8-9,17H2,1H3. The van der Waals surface area contributed by atoms with Crippen LogP contribution in [0, 0.1) is 11.2 Å². The van der Waals surface area contributed by atoms with E-state index in [0.717, 1.165) is 19.3 Å². The first-order valence-corrected chi connectivity index (χ1v) is 7.34. The van der Waals surface area contributed by atoms with E-state index in [-0.39, 0.29) is 17.3 Å². The maximum Gasteiger partial charge on any atom is 0.142 e. The molecule has 1 aliphatic rings. The molecule has 1 aromatic carbocycles. The largest absolute Gasteiger partial charge is 0.271 e. The van der Waals surface area contributed by atoms with Gasteiger partial charge in [-0.05, 0) is 46.7 Å². The molecule has 1 fully saturated rings. The first-order chi connectivity index (χ1) is 8.64. The van der Waals surface area contributed by atoms with Crippen LogP contribution in [0.2, 0.25) is 0 Å². The van der Waals surface area contributed by atoms with Crippen molar-refractivity contribution < 1.29 is 4.39 Å². The SMILES string of the molecule is CCC1(C(NN)c2cccc(Br)c2F)CCCC1. The van der Waals surface area contributed by atoms with Crippen molar-refractivity contribution in [3.05, 3.63) is 34.1 Å². The third-order valence-corrected chi connectivity index (χ3v) is 4.99. The van der Waals surface area contributed by atoms with Crippen LogP contribution in [0.1, 0.15) is 50.6 Å². The Bertz CT molecular complexity index is 416. The lowest BCUT2D eigenvalue weighted by Gasteiger charge is -2.37. The van der Waals surface area contributed by atoms with E-state index < -0.39 is 0 Å². The van der Waals surface area contributed by atoms with Gasteiger partial charge >= 0.3 is 0 Å². The van der Waals surface area contributed by atoms with E-state index >= 15 is 0 Å². The van der Waals surface area contributed by atoms with Gasteiger partial charge in [0.15, 0.2) is 0 Å². The third kappa shape index (κ3) is 2.33. The van der Waals surface area contributed by atoms with Crippen molar-refractivity contribution in [1.82, 2.24) is 5.43 Å². The summed E-state index contributed by atoms with van der Waals surface area (Å²) in [5.41, 5.74) is 3.63. The maximum atomic E-state index is 14.3. The summed E-state index contributed by atoms with van der Waals surface area (Å²) in [5, 5.41) is 0. The summed E-state index contributed by atoms with van der Waals surface area (Å²) >= 11 is 3.25. The number of nitrogens with two attached hydrogens (primary N) is 1. The number of nitrogens with one attached hydrogen (secondary N) is 1. The van der Waals surface area contributed by atoms with Crippen molar-refractivity contribution in [3.8, 4) is 0 Å². The molecular formula is C14H20BrFN2. The fourth-order valence-corrected chi connectivity index (χ4v) is 3.65. The van der Waals surface area contributed by atoms with Crippen LogP contribution >= 0.6 is 15.9 Å². The van der Waals surface area contributed by atoms with E-state index in [1.54, 1.807) is 6.07 Å². The molecule has 1 saturated carbocycles. The zero-order valence-electron chi connectivity index (χ0n) is 10.7. The van der Waals surface area contributed by atoms with Crippen LogP contribution in [0.25, 0.3) is 0 Å². The molecule has 18 heavy (non-hydrogen) atoms. The van der Waals surface area contributed by atoms with Gasteiger partial charge in [0.25, 0.3) is 0 Å². The van der Waals surface area contributed by atoms with Crippen molar-refractivity contribution in [2.75, 3.05) is 0 Å². The van der Waals surface area contributed by atoms with E-state index in [1.807, 2.05) is 12.1 Å². The Morgan fingerprint density at radius 2 is 2.11 bits per heavy atom. The minimum atomic E-state index is -0.194. The van der Waals surface area contributed by atoms with Crippen molar-refractivity contribution in [1.29, 1.82) is 0 Å². The molecular weight excluding hydrogens is 295 g/mol. The lowest BCUT2D eigenvalue weighted by atomic mass is 9.73. The van der Waals surface area contributed by atoms with Gasteiger partial charge in [-0.2, -0.15) is 0 Å². The second-order valence-electron chi connectivity index (χ2n) is 5.17. The molecule has 4 heteroatoms. The van der Waals surface area contributed by atoms with Crippen molar-refractivity contribution in [3.63, 3.8) is 0 Å². The Hall–Kier alpha value is -0.450. The quantitative estimate of drug-likeness (QED) is 0.649. The first kappa shape index (κ1) is 14.0. The fourth-order valence-electron chi connectivity index (χ4n) is 3.27. The highest BCUT2D eigenvalue weighted by Gasteiger charge is 2.41. The van der Waals surface area contributed by atoms with Gasteiger partial charge in [-0.1, -0.05) is 31.9 Å². The normalized spacial score (nSPS) is 20.0. The van der Waals surface area contributed by atoms with E-state index in [1.165, 1.54) is 12.8 Å². The monoisotopic (exact) mass is 314 g/mol. The highest BCUT2D eigenvalue weighted by atomic mass is 79.9. The molecule has 0 bridgehead atoms. The molecule has 1 aromatic rings. The Morgan fingerprint density at radius 1 is 1.44 bits per heavy atom. The Balaban J connectivity index is 2.41. The van der Waals surface area contributed by atoms with Gasteiger partial charge in [-0.15, -0.1) is 0 Å². The van der Waals surface area contributed by atoms with Crippen LogP contribution in [0.4, 0.5) is 4.39 Å². The molecule has 0 saturated heterocycles. The summed E-state index contributed by atoms with van der Waals surface area (Å²) in [6, 6.07) is 5.31. The predicted molar refractivity (Wildman–Crippen MR) is 75.4 cm³/mol. The minimum absolute atomic E-state index is 0.0936. The average molecular weight is 315 g/mol. The molecule has 1 atom stereocenters. The van der Waals surface area contributed by atoms with Gasteiger partial charge in [0, 0.05) is 5.56 Å². The summed E-state index contributed by atoms with van der Waals surface area (Å²) < 4.78 is 14.8. The van der Waals surface area contributed by atoms with Crippen molar-refractivity contribution >= 4 is 15.9 Å². The molecule has 1 unspecified atom stereocenters. The molecule has 0 heterocycles. The number of benzene rings is 1. The second kappa shape index (κ2) is 5.68. The van der Waals surface area contributed by atoms with Crippen LogP contribution in [-0.2, 0) is 0 Å². The Kier molecular flexibility index (Phi) is 4.41. The number of hydrogen-bond acceptors (Lipinski definition) is 2.